The second kappa shape index (κ2) is 7.19. The third kappa shape index (κ3) is 3.98. The Bertz CT molecular complexity index is 949. The molecule has 0 aromatic heterocycles. The lowest BCUT2D eigenvalue weighted by atomic mass is 10.0. The minimum atomic E-state index is -5.00. The molecule has 2 aromatic carbocycles. The zero-order valence-electron chi connectivity index (χ0n) is 13.3. The highest BCUT2D eigenvalue weighted by molar-refractivity contribution is 6.37. The fourth-order valence-electron chi connectivity index (χ4n) is 2.75. The predicted octanol–water partition coefficient (Wildman–Crippen LogP) is 5.53. The molecule has 3 nitrogen and oxygen atoms in total. The molecule has 0 aliphatic carbocycles. The van der Waals surface area contributed by atoms with E-state index < -0.39 is 35.7 Å². The first-order valence-electron chi connectivity index (χ1n) is 7.46. The lowest BCUT2D eigenvalue weighted by Gasteiger charge is -2.16. The van der Waals surface area contributed by atoms with Gasteiger partial charge in [-0.15, -0.1) is 0 Å². The van der Waals surface area contributed by atoms with Crippen molar-refractivity contribution >= 4 is 52.2 Å². The molecule has 140 valence electrons. The minimum Gasteiger partial charge on any atom is -0.270 e. The monoisotopic (exact) mass is 433 g/mol. The largest absolute Gasteiger partial charge is 0.422 e. The molecule has 0 saturated carbocycles. The van der Waals surface area contributed by atoms with Crippen molar-refractivity contribution in [1.82, 2.24) is 4.90 Å². The van der Waals surface area contributed by atoms with Crippen LogP contribution in [-0.2, 0) is 16.1 Å². The summed E-state index contributed by atoms with van der Waals surface area (Å²) in [6.07, 6.45) is -5.00. The van der Waals surface area contributed by atoms with Gasteiger partial charge in [-0.05, 0) is 41.5 Å². The summed E-state index contributed by atoms with van der Waals surface area (Å²) in [6, 6.07) is 9.47. The van der Waals surface area contributed by atoms with Crippen LogP contribution in [0.25, 0.3) is 5.57 Å². The first kappa shape index (κ1) is 19.7. The maximum absolute atomic E-state index is 13.5. The molecule has 0 bridgehead atoms. The fraction of sp³-hybridized carbons (Fsp3) is 0.111. The van der Waals surface area contributed by atoms with Gasteiger partial charge >= 0.3 is 6.18 Å². The van der Waals surface area contributed by atoms with Crippen LogP contribution < -0.4 is 0 Å². The summed E-state index contributed by atoms with van der Waals surface area (Å²) >= 11 is 17.5. The van der Waals surface area contributed by atoms with Crippen LogP contribution in [0.2, 0.25) is 15.1 Å². The van der Waals surface area contributed by atoms with Gasteiger partial charge in [0.15, 0.2) is 0 Å². The first-order chi connectivity index (χ1) is 12.6. The fourth-order valence-corrected chi connectivity index (χ4v) is 3.45. The third-order valence-corrected chi connectivity index (χ3v) is 4.54. The van der Waals surface area contributed by atoms with E-state index in [0.717, 1.165) is 0 Å². The molecule has 9 heteroatoms. The second-order valence-corrected chi connectivity index (χ2v) is 7.04. The van der Waals surface area contributed by atoms with Gasteiger partial charge in [0.2, 0.25) is 0 Å². The molecule has 1 aliphatic rings. The smallest absolute Gasteiger partial charge is 0.270 e. The highest BCUT2D eigenvalue weighted by Gasteiger charge is 2.51. The number of amides is 2. The molecule has 0 saturated heterocycles. The molecule has 3 rings (SSSR count). The summed E-state index contributed by atoms with van der Waals surface area (Å²) in [6.45, 7) is -0.394. The van der Waals surface area contributed by atoms with Gasteiger partial charge in [0.25, 0.3) is 11.8 Å². The Morgan fingerprint density at radius 1 is 0.815 bits per heavy atom. The van der Waals surface area contributed by atoms with E-state index in [0.29, 0.717) is 10.5 Å². The van der Waals surface area contributed by atoms with E-state index in [1.807, 2.05) is 0 Å². The molecule has 2 amide bonds. The summed E-state index contributed by atoms with van der Waals surface area (Å²) in [5.41, 5.74) is -1.94. The maximum Gasteiger partial charge on any atom is 0.422 e. The first-order valence-corrected chi connectivity index (χ1v) is 8.60. The van der Waals surface area contributed by atoms with Crippen LogP contribution in [-0.4, -0.2) is 22.9 Å². The van der Waals surface area contributed by atoms with Gasteiger partial charge in [-0.2, -0.15) is 13.2 Å². The van der Waals surface area contributed by atoms with Gasteiger partial charge in [-0.25, -0.2) is 0 Å². The molecular formula is C18H9Cl3F3NO2. The van der Waals surface area contributed by atoms with Gasteiger partial charge in [0.1, 0.15) is 5.57 Å². The number of imide groups is 1. The van der Waals surface area contributed by atoms with Gasteiger partial charge in [0.05, 0.1) is 12.1 Å². The molecule has 27 heavy (non-hydrogen) atoms. The second-order valence-electron chi connectivity index (χ2n) is 5.73. The summed E-state index contributed by atoms with van der Waals surface area (Å²) in [5.74, 6) is -2.47. The van der Waals surface area contributed by atoms with Crippen molar-refractivity contribution in [2.75, 3.05) is 0 Å². The molecule has 0 fully saturated rings. The zero-order valence-corrected chi connectivity index (χ0v) is 15.5. The summed E-state index contributed by atoms with van der Waals surface area (Å²) in [4.78, 5) is 25.6. The van der Waals surface area contributed by atoms with Crippen LogP contribution in [0.1, 0.15) is 11.1 Å². The minimum absolute atomic E-state index is 0.0447. The van der Waals surface area contributed by atoms with Gasteiger partial charge < -0.3 is 0 Å². The lowest BCUT2D eigenvalue weighted by Crippen LogP contribution is -2.33. The number of rotatable bonds is 3. The topological polar surface area (TPSA) is 37.4 Å². The molecule has 0 atom stereocenters. The highest BCUT2D eigenvalue weighted by Crippen LogP contribution is 2.40. The number of carbonyl (C=O) groups is 2. The Morgan fingerprint density at radius 2 is 1.37 bits per heavy atom. The number of benzene rings is 2. The number of halogens is 6. The Hall–Kier alpha value is -2.02. The van der Waals surface area contributed by atoms with E-state index in [9.17, 15) is 22.8 Å². The van der Waals surface area contributed by atoms with Crippen molar-refractivity contribution in [3.05, 3.63) is 74.2 Å². The Kier molecular flexibility index (Phi) is 5.25. The molecule has 0 N–H and O–H groups in total. The summed E-state index contributed by atoms with van der Waals surface area (Å²) in [7, 11) is 0. The Morgan fingerprint density at radius 3 is 1.89 bits per heavy atom. The van der Waals surface area contributed by atoms with E-state index >= 15 is 0 Å². The van der Waals surface area contributed by atoms with E-state index in [2.05, 4.69) is 0 Å². The molecule has 1 heterocycles. The van der Waals surface area contributed by atoms with Crippen LogP contribution in [0.5, 0.6) is 0 Å². The molecule has 0 radical (unpaired) electrons. The SMILES string of the molecule is O=C1C(c2ccc(Cl)cc2)=C(C(F)(F)F)C(=O)N1Cc1cc(Cl)cc(Cl)c1. The average Bonchev–Trinajstić information content (AvgIpc) is 2.79. The van der Waals surface area contributed by atoms with Gasteiger partial charge in [0, 0.05) is 15.1 Å². The average molecular weight is 435 g/mol. The van der Waals surface area contributed by atoms with Crippen molar-refractivity contribution in [1.29, 1.82) is 0 Å². The summed E-state index contributed by atoms with van der Waals surface area (Å²) in [5, 5.41) is 0.757. The summed E-state index contributed by atoms with van der Waals surface area (Å²) < 4.78 is 40.5. The van der Waals surface area contributed by atoms with Crippen LogP contribution in [0, 0.1) is 0 Å². The highest BCUT2D eigenvalue weighted by atomic mass is 35.5. The van der Waals surface area contributed by atoms with Crippen molar-refractivity contribution in [3.63, 3.8) is 0 Å². The van der Waals surface area contributed by atoms with Crippen molar-refractivity contribution < 1.29 is 22.8 Å². The van der Waals surface area contributed by atoms with E-state index in [-0.39, 0.29) is 20.6 Å². The standard InChI is InChI=1S/C18H9Cl3F3NO2/c19-11-3-1-10(2-4-11)14-15(18(22,23)24)17(27)25(16(14)26)8-9-5-12(20)7-13(21)6-9/h1-7H,8H2. The normalized spacial score (nSPS) is 15.1. The molecular weight excluding hydrogens is 426 g/mol. The number of hydrogen-bond acceptors (Lipinski definition) is 2. The number of nitrogens with zero attached hydrogens (tertiary/aromatic N) is 1. The number of hydrogen-bond donors (Lipinski definition) is 0. The van der Waals surface area contributed by atoms with Crippen LogP contribution in [0.15, 0.2) is 48.0 Å². The van der Waals surface area contributed by atoms with Gasteiger partial charge in [-0.1, -0.05) is 46.9 Å². The van der Waals surface area contributed by atoms with E-state index in [4.69, 9.17) is 34.8 Å². The number of alkyl halides is 3. The molecule has 2 aromatic rings. The van der Waals surface area contributed by atoms with Crippen molar-refractivity contribution in [2.24, 2.45) is 0 Å². The molecule has 1 aliphatic heterocycles. The van der Waals surface area contributed by atoms with Gasteiger partial charge in [-0.3, -0.25) is 14.5 Å². The van der Waals surface area contributed by atoms with Crippen LogP contribution >= 0.6 is 34.8 Å². The van der Waals surface area contributed by atoms with Crippen molar-refractivity contribution in [2.45, 2.75) is 12.7 Å². The van der Waals surface area contributed by atoms with E-state index in [1.165, 1.54) is 42.5 Å². The lowest BCUT2D eigenvalue weighted by molar-refractivity contribution is -0.142. The quantitative estimate of drug-likeness (QED) is 0.596. The number of carbonyl (C=O) groups excluding carboxylic acids is 2. The Labute approximate surface area is 166 Å². The van der Waals surface area contributed by atoms with Crippen LogP contribution in [0.3, 0.4) is 0 Å². The Balaban J connectivity index is 2.05. The van der Waals surface area contributed by atoms with Crippen molar-refractivity contribution in [3.8, 4) is 0 Å². The zero-order chi connectivity index (χ0) is 19.9. The van der Waals surface area contributed by atoms with Crippen LogP contribution in [0.4, 0.5) is 13.2 Å². The predicted molar refractivity (Wildman–Crippen MR) is 96.4 cm³/mol. The molecule has 0 unspecified atom stereocenters. The molecule has 0 spiro atoms. The van der Waals surface area contributed by atoms with E-state index in [1.54, 1.807) is 0 Å². The maximum atomic E-state index is 13.5. The third-order valence-electron chi connectivity index (χ3n) is 3.85.